The molecule has 0 spiro atoms. The third-order valence-electron chi connectivity index (χ3n) is 3.36. The predicted molar refractivity (Wildman–Crippen MR) is 81.9 cm³/mol. The Morgan fingerprint density at radius 2 is 1.90 bits per heavy atom. The molecule has 0 aliphatic carbocycles. The molecule has 1 unspecified atom stereocenters. The van der Waals surface area contributed by atoms with Gasteiger partial charge in [-0.3, -0.25) is 5.43 Å². The molecular weight excluding hydrogens is 294 g/mol. The highest BCUT2D eigenvalue weighted by Crippen LogP contribution is 2.18. The van der Waals surface area contributed by atoms with Crippen molar-refractivity contribution in [2.45, 2.75) is 26.3 Å². The highest BCUT2D eigenvalue weighted by molar-refractivity contribution is 7.91. The average molecular weight is 315 g/mol. The van der Waals surface area contributed by atoms with Crippen molar-refractivity contribution in [1.29, 1.82) is 0 Å². The first kappa shape index (κ1) is 15.7. The van der Waals surface area contributed by atoms with E-state index < -0.39 is 9.84 Å². The van der Waals surface area contributed by atoms with Gasteiger partial charge >= 0.3 is 0 Å². The van der Waals surface area contributed by atoms with Crippen LogP contribution in [0.1, 0.15) is 20.3 Å². The molecule has 1 atom stereocenters. The quantitative estimate of drug-likeness (QED) is 0.475. The van der Waals surface area contributed by atoms with E-state index in [1.807, 2.05) is 18.7 Å². The monoisotopic (exact) mass is 315 g/mol. The fourth-order valence-electron chi connectivity index (χ4n) is 2.23. The minimum absolute atomic E-state index is 0.102. The molecule has 9 nitrogen and oxygen atoms in total. The van der Waals surface area contributed by atoms with E-state index in [0.29, 0.717) is 18.3 Å². The highest BCUT2D eigenvalue weighted by Gasteiger charge is 2.28. The van der Waals surface area contributed by atoms with E-state index in [4.69, 9.17) is 5.84 Å². The molecule has 1 fully saturated rings. The number of rotatable bonds is 6. The average Bonchev–Trinajstić information content (AvgIpc) is 2.79. The van der Waals surface area contributed by atoms with E-state index >= 15 is 0 Å². The van der Waals surface area contributed by atoms with Crippen molar-refractivity contribution in [2.24, 2.45) is 5.84 Å². The summed E-state index contributed by atoms with van der Waals surface area (Å²) in [6, 6.07) is -0.174. The normalized spacial score (nSPS) is 20.2. The summed E-state index contributed by atoms with van der Waals surface area (Å²) in [4.78, 5) is 14.6. The number of nitrogens with two attached hydrogens (primary N) is 1. The van der Waals surface area contributed by atoms with Crippen LogP contribution in [0.3, 0.4) is 0 Å². The van der Waals surface area contributed by atoms with Gasteiger partial charge in [-0.25, -0.2) is 14.3 Å². The lowest BCUT2D eigenvalue weighted by molar-refractivity contribution is 0.602. The van der Waals surface area contributed by atoms with Gasteiger partial charge < -0.3 is 10.2 Å². The molecule has 0 amide bonds. The van der Waals surface area contributed by atoms with Gasteiger partial charge in [-0.2, -0.15) is 15.0 Å². The zero-order valence-electron chi connectivity index (χ0n) is 12.2. The Bertz CT molecular complexity index is 588. The van der Waals surface area contributed by atoms with Crippen molar-refractivity contribution in [2.75, 3.05) is 40.2 Å². The number of hydrazine groups is 1. The van der Waals surface area contributed by atoms with Crippen molar-refractivity contribution < 1.29 is 8.42 Å². The lowest BCUT2D eigenvalue weighted by Gasteiger charge is -2.20. The fraction of sp³-hybridized carbons (Fsp3) is 0.727. The van der Waals surface area contributed by atoms with Crippen LogP contribution < -0.4 is 21.5 Å². The van der Waals surface area contributed by atoms with E-state index in [1.54, 1.807) is 0 Å². The van der Waals surface area contributed by atoms with E-state index in [-0.39, 0.29) is 23.5 Å². The van der Waals surface area contributed by atoms with Crippen LogP contribution in [-0.2, 0) is 9.84 Å². The summed E-state index contributed by atoms with van der Waals surface area (Å²) in [7, 11) is -2.95. The Hall–Kier alpha value is -1.68. The first-order valence-electron chi connectivity index (χ1n) is 6.92. The van der Waals surface area contributed by atoms with Gasteiger partial charge in [-0.1, -0.05) is 0 Å². The third-order valence-corrected chi connectivity index (χ3v) is 5.13. The first-order valence-corrected chi connectivity index (χ1v) is 8.74. The number of nitrogens with zero attached hydrogens (tertiary/aromatic N) is 4. The summed E-state index contributed by atoms with van der Waals surface area (Å²) >= 11 is 0. The molecule has 10 heteroatoms. The van der Waals surface area contributed by atoms with Crippen molar-refractivity contribution in [3.63, 3.8) is 0 Å². The molecule has 1 aliphatic rings. The van der Waals surface area contributed by atoms with Crippen molar-refractivity contribution in [3.8, 4) is 0 Å². The van der Waals surface area contributed by atoms with E-state index in [1.165, 1.54) is 0 Å². The zero-order valence-corrected chi connectivity index (χ0v) is 13.0. The molecular formula is C11H21N7O2S. The topological polar surface area (TPSA) is 126 Å². The fourth-order valence-corrected chi connectivity index (χ4v) is 3.91. The lowest BCUT2D eigenvalue weighted by atomic mass is 10.3. The summed E-state index contributed by atoms with van der Waals surface area (Å²) in [6.45, 7) is 5.50. The van der Waals surface area contributed by atoms with Gasteiger partial charge in [0.05, 0.1) is 11.5 Å². The summed E-state index contributed by atoms with van der Waals surface area (Å²) in [5.74, 6) is 6.76. The Morgan fingerprint density at radius 1 is 1.24 bits per heavy atom. The second-order valence-electron chi connectivity index (χ2n) is 4.84. The summed E-state index contributed by atoms with van der Waals surface area (Å²) in [5, 5.41) is 3.05. The minimum atomic E-state index is -2.95. The number of nitrogens with one attached hydrogen (secondary N) is 2. The van der Waals surface area contributed by atoms with Gasteiger partial charge in [0.15, 0.2) is 9.84 Å². The number of nitrogen functional groups attached to an aromatic ring is 1. The number of sulfone groups is 1. The van der Waals surface area contributed by atoms with Crippen molar-refractivity contribution >= 4 is 27.7 Å². The second-order valence-corrected chi connectivity index (χ2v) is 7.07. The van der Waals surface area contributed by atoms with Crippen LogP contribution in [0.5, 0.6) is 0 Å². The van der Waals surface area contributed by atoms with Gasteiger partial charge in [-0.05, 0) is 20.3 Å². The molecule has 0 saturated carbocycles. The molecule has 2 rings (SSSR count). The van der Waals surface area contributed by atoms with Crippen LogP contribution in [0.4, 0.5) is 17.8 Å². The molecule has 118 valence electrons. The Kier molecular flexibility index (Phi) is 4.78. The van der Waals surface area contributed by atoms with Gasteiger partial charge in [-0.15, -0.1) is 0 Å². The Labute approximate surface area is 124 Å². The maximum absolute atomic E-state index is 11.5. The van der Waals surface area contributed by atoms with Crippen LogP contribution in [0.15, 0.2) is 0 Å². The number of hydrogen-bond acceptors (Lipinski definition) is 9. The first-order chi connectivity index (χ1) is 9.97. The van der Waals surface area contributed by atoms with Crippen LogP contribution in [0.2, 0.25) is 0 Å². The van der Waals surface area contributed by atoms with E-state index in [0.717, 1.165) is 13.1 Å². The van der Waals surface area contributed by atoms with Crippen LogP contribution >= 0.6 is 0 Å². The van der Waals surface area contributed by atoms with Gasteiger partial charge in [0.25, 0.3) is 0 Å². The SMILES string of the molecule is CCN(CC)c1nc(NN)nc(NC2CCS(=O)(=O)C2)n1. The molecule has 2 heterocycles. The molecule has 0 bridgehead atoms. The van der Waals surface area contributed by atoms with Crippen LogP contribution in [0.25, 0.3) is 0 Å². The maximum Gasteiger partial charge on any atom is 0.243 e. The molecule has 4 N–H and O–H groups in total. The largest absolute Gasteiger partial charge is 0.350 e. The number of hydrogen-bond donors (Lipinski definition) is 3. The van der Waals surface area contributed by atoms with Gasteiger partial charge in [0.1, 0.15) is 0 Å². The van der Waals surface area contributed by atoms with Crippen LogP contribution in [0, 0.1) is 0 Å². The van der Waals surface area contributed by atoms with Crippen molar-refractivity contribution in [3.05, 3.63) is 0 Å². The second kappa shape index (κ2) is 6.39. The molecule has 1 aliphatic heterocycles. The molecule has 1 aromatic heterocycles. The molecule has 0 aromatic carbocycles. The number of anilines is 3. The molecule has 1 saturated heterocycles. The lowest BCUT2D eigenvalue weighted by Crippen LogP contribution is -2.28. The van der Waals surface area contributed by atoms with Crippen LogP contribution in [-0.4, -0.2) is 54.0 Å². The van der Waals surface area contributed by atoms with Gasteiger partial charge in [0, 0.05) is 19.1 Å². The van der Waals surface area contributed by atoms with E-state index in [9.17, 15) is 8.42 Å². The Balaban J connectivity index is 2.21. The molecule has 21 heavy (non-hydrogen) atoms. The van der Waals surface area contributed by atoms with E-state index in [2.05, 4.69) is 25.7 Å². The predicted octanol–water partition coefficient (Wildman–Crippen LogP) is -0.398. The third kappa shape index (κ3) is 3.91. The van der Waals surface area contributed by atoms with Crippen molar-refractivity contribution in [1.82, 2.24) is 15.0 Å². The Morgan fingerprint density at radius 3 is 2.43 bits per heavy atom. The summed E-state index contributed by atoms with van der Waals surface area (Å²) in [6.07, 6.45) is 0.556. The standard InChI is InChI=1S/C11H21N7O2S/c1-3-18(4-2)11-15-9(14-10(16-11)17-12)13-8-5-6-21(19,20)7-8/h8H,3-7,12H2,1-2H3,(H2,13,14,15,16,17). The van der Waals surface area contributed by atoms with Gasteiger partial charge in [0.2, 0.25) is 17.8 Å². The number of aromatic nitrogens is 3. The molecule has 0 radical (unpaired) electrons. The smallest absolute Gasteiger partial charge is 0.243 e. The zero-order chi connectivity index (χ0) is 15.5. The minimum Gasteiger partial charge on any atom is -0.350 e. The highest BCUT2D eigenvalue weighted by atomic mass is 32.2. The maximum atomic E-state index is 11.5. The summed E-state index contributed by atoms with van der Waals surface area (Å²) < 4.78 is 23.0. The summed E-state index contributed by atoms with van der Waals surface area (Å²) in [5.41, 5.74) is 2.40. The molecule has 1 aromatic rings.